The molecule has 28 heavy (non-hydrogen) atoms. The van der Waals surface area contributed by atoms with Crippen molar-refractivity contribution in [1.82, 2.24) is 19.7 Å². The minimum absolute atomic E-state index is 0.0897. The van der Waals surface area contributed by atoms with Crippen molar-refractivity contribution in [2.24, 2.45) is 0 Å². The number of aromatic nitrogens is 4. The molecule has 1 aliphatic rings. The molecule has 1 aliphatic carbocycles. The van der Waals surface area contributed by atoms with Crippen LogP contribution in [0.4, 0.5) is 0 Å². The Bertz CT molecular complexity index is 1170. The maximum atomic E-state index is 12.6. The molecular weight excluding hydrogens is 396 g/mol. The summed E-state index contributed by atoms with van der Waals surface area (Å²) in [6.45, 7) is 0. The second-order valence-corrected chi connectivity index (χ2v) is 8.03. The van der Waals surface area contributed by atoms with Crippen molar-refractivity contribution in [3.8, 4) is 11.4 Å². The fourth-order valence-corrected chi connectivity index (χ4v) is 4.14. The third-order valence-electron chi connectivity index (χ3n) is 4.60. The van der Waals surface area contributed by atoms with Gasteiger partial charge in [0.25, 0.3) is 0 Å². The van der Waals surface area contributed by atoms with E-state index in [0.29, 0.717) is 22.4 Å². The van der Waals surface area contributed by atoms with Crippen LogP contribution < -0.4 is 0 Å². The fourth-order valence-electron chi connectivity index (χ4n) is 3.09. The molecule has 3 heterocycles. The zero-order valence-corrected chi connectivity index (χ0v) is 16.3. The normalized spacial score (nSPS) is 13.9. The second-order valence-electron chi connectivity index (χ2n) is 6.65. The Labute approximate surface area is 169 Å². The Balaban J connectivity index is 1.37. The molecule has 1 aromatic carbocycles. The van der Waals surface area contributed by atoms with E-state index in [2.05, 4.69) is 19.7 Å². The first-order chi connectivity index (χ1) is 13.7. The summed E-state index contributed by atoms with van der Waals surface area (Å²) in [5.41, 5.74) is 1.63. The molecular formula is C20H15ClN4O2S. The summed E-state index contributed by atoms with van der Waals surface area (Å²) in [6.07, 6.45) is 5.68. The van der Waals surface area contributed by atoms with E-state index in [1.807, 2.05) is 12.1 Å². The van der Waals surface area contributed by atoms with Crippen LogP contribution >= 0.6 is 23.4 Å². The van der Waals surface area contributed by atoms with Gasteiger partial charge >= 0.3 is 0 Å². The standard InChI is InChI=1S/C20H15ClN4O2S/c21-14-1-4-17-13(9-14)10-18(27-17)16(26)11-28-20-24-23-19(25(20)15-2-3-15)12-5-7-22-8-6-12/h1,4-10,15H,2-3,11H2. The van der Waals surface area contributed by atoms with Crippen molar-refractivity contribution in [2.75, 3.05) is 5.75 Å². The molecule has 0 saturated heterocycles. The lowest BCUT2D eigenvalue weighted by molar-refractivity contribution is 0.0994. The molecule has 8 heteroatoms. The molecule has 0 spiro atoms. The van der Waals surface area contributed by atoms with Crippen molar-refractivity contribution >= 4 is 40.1 Å². The van der Waals surface area contributed by atoms with Crippen LogP contribution in [-0.2, 0) is 0 Å². The van der Waals surface area contributed by atoms with E-state index >= 15 is 0 Å². The van der Waals surface area contributed by atoms with Gasteiger partial charge in [-0.3, -0.25) is 14.3 Å². The number of ketones is 1. The molecule has 0 amide bonds. The number of hydrogen-bond acceptors (Lipinski definition) is 6. The molecule has 4 aromatic rings. The number of fused-ring (bicyclic) bond motifs is 1. The van der Waals surface area contributed by atoms with Crippen LogP contribution in [0.2, 0.25) is 5.02 Å². The Hall–Kier alpha value is -2.64. The molecule has 5 rings (SSSR count). The highest BCUT2D eigenvalue weighted by atomic mass is 35.5. The highest BCUT2D eigenvalue weighted by molar-refractivity contribution is 7.99. The molecule has 3 aromatic heterocycles. The number of pyridine rings is 1. The van der Waals surface area contributed by atoms with E-state index in [1.54, 1.807) is 36.7 Å². The number of hydrogen-bond donors (Lipinski definition) is 0. The van der Waals surface area contributed by atoms with Gasteiger partial charge in [-0.2, -0.15) is 0 Å². The van der Waals surface area contributed by atoms with Gasteiger partial charge in [-0.05, 0) is 49.2 Å². The van der Waals surface area contributed by atoms with E-state index in [1.165, 1.54) is 11.8 Å². The highest BCUT2D eigenvalue weighted by Crippen LogP contribution is 2.41. The minimum atomic E-state index is -0.0897. The first-order valence-electron chi connectivity index (χ1n) is 8.89. The smallest absolute Gasteiger partial charge is 0.208 e. The number of Topliss-reactive ketones (excluding diaryl/α,β-unsaturated/α-hetero) is 1. The minimum Gasteiger partial charge on any atom is -0.453 e. The molecule has 140 valence electrons. The molecule has 0 unspecified atom stereocenters. The number of nitrogens with zero attached hydrogens (tertiary/aromatic N) is 4. The zero-order valence-electron chi connectivity index (χ0n) is 14.7. The van der Waals surface area contributed by atoms with Crippen LogP contribution in [0, 0.1) is 0 Å². The predicted octanol–water partition coefficient (Wildman–Crippen LogP) is 5.05. The number of thioether (sulfide) groups is 1. The van der Waals surface area contributed by atoms with Crippen LogP contribution in [0.25, 0.3) is 22.4 Å². The van der Waals surface area contributed by atoms with Gasteiger partial charge < -0.3 is 4.42 Å². The summed E-state index contributed by atoms with van der Waals surface area (Å²) >= 11 is 7.39. The number of carbonyl (C=O) groups is 1. The lowest BCUT2D eigenvalue weighted by atomic mass is 10.2. The third kappa shape index (κ3) is 3.31. The van der Waals surface area contributed by atoms with E-state index < -0.39 is 0 Å². The van der Waals surface area contributed by atoms with Crippen LogP contribution in [0.3, 0.4) is 0 Å². The van der Waals surface area contributed by atoms with Gasteiger partial charge in [0, 0.05) is 34.4 Å². The molecule has 0 aliphatic heterocycles. The summed E-state index contributed by atoms with van der Waals surface area (Å²) in [6, 6.07) is 11.3. The monoisotopic (exact) mass is 410 g/mol. The molecule has 1 saturated carbocycles. The van der Waals surface area contributed by atoms with Crippen LogP contribution in [0.15, 0.2) is 58.4 Å². The topological polar surface area (TPSA) is 73.8 Å². The molecule has 0 N–H and O–H groups in total. The quantitative estimate of drug-likeness (QED) is 0.327. The molecule has 1 fully saturated rings. The van der Waals surface area contributed by atoms with Gasteiger partial charge in [-0.25, -0.2) is 0 Å². The first-order valence-corrected chi connectivity index (χ1v) is 10.3. The Morgan fingerprint density at radius 3 is 2.79 bits per heavy atom. The number of benzene rings is 1. The summed E-state index contributed by atoms with van der Waals surface area (Å²) in [5.74, 6) is 1.29. The number of furan rings is 1. The van der Waals surface area contributed by atoms with Crippen molar-refractivity contribution in [3.05, 3.63) is 59.6 Å². The van der Waals surface area contributed by atoms with Gasteiger partial charge in [0.15, 0.2) is 16.7 Å². The van der Waals surface area contributed by atoms with Crippen molar-refractivity contribution < 1.29 is 9.21 Å². The van der Waals surface area contributed by atoms with Crippen molar-refractivity contribution in [2.45, 2.75) is 24.0 Å². The molecule has 0 atom stereocenters. The SMILES string of the molecule is O=C(CSc1nnc(-c2ccncc2)n1C1CC1)c1cc2cc(Cl)ccc2o1. The van der Waals surface area contributed by atoms with Gasteiger partial charge in [0.05, 0.1) is 5.75 Å². The van der Waals surface area contributed by atoms with E-state index in [9.17, 15) is 4.79 Å². The Morgan fingerprint density at radius 1 is 1.18 bits per heavy atom. The Kier molecular flexibility index (Phi) is 4.41. The number of halogens is 1. The number of rotatable bonds is 6. The average Bonchev–Trinajstić information content (AvgIpc) is 3.32. The lowest BCUT2D eigenvalue weighted by Gasteiger charge is -2.08. The maximum absolute atomic E-state index is 12.6. The van der Waals surface area contributed by atoms with Crippen molar-refractivity contribution in [3.63, 3.8) is 0 Å². The van der Waals surface area contributed by atoms with Crippen LogP contribution in [-0.4, -0.2) is 31.3 Å². The van der Waals surface area contributed by atoms with Crippen LogP contribution in [0.5, 0.6) is 0 Å². The predicted molar refractivity (Wildman–Crippen MR) is 108 cm³/mol. The molecule has 0 radical (unpaired) electrons. The lowest BCUT2D eigenvalue weighted by Crippen LogP contribution is -2.04. The average molecular weight is 411 g/mol. The van der Waals surface area contributed by atoms with Gasteiger partial charge in [-0.1, -0.05) is 23.4 Å². The van der Waals surface area contributed by atoms with Gasteiger partial charge in [-0.15, -0.1) is 10.2 Å². The van der Waals surface area contributed by atoms with Gasteiger partial charge in [0.1, 0.15) is 5.58 Å². The maximum Gasteiger partial charge on any atom is 0.208 e. The van der Waals surface area contributed by atoms with E-state index in [0.717, 1.165) is 34.8 Å². The summed E-state index contributed by atoms with van der Waals surface area (Å²) < 4.78 is 7.80. The summed E-state index contributed by atoms with van der Waals surface area (Å²) in [5, 5.41) is 10.9. The molecule has 0 bridgehead atoms. The van der Waals surface area contributed by atoms with Crippen molar-refractivity contribution in [1.29, 1.82) is 0 Å². The van der Waals surface area contributed by atoms with Crippen LogP contribution in [0.1, 0.15) is 29.4 Å². The molecule has 6 nitrogen and oxygen atoms in total. The number of carbonyl (C=O) groups excluding carboxylic acids is 1. The van der Waals surface area contributed by atoms with E-state index in [-0.39, 0.29) is 11.5 Å². The van der Waals surface area contributed by atoms with Gasteiger partial charge in [0.2, 0.25) is 5.78 Å². The van der Waals surface area contributed by atoms with E-state index in [4.69, 9.17) is 16.0 Å². The summed E-state index contributed by atoms with van der Waals surface area (Å²) in [4.78, 5) is 16.7. The highest BCUT2D eigenvalue weighted by Gasteiger charge is 2.30. The fraction of sp³-hybridized carbons (Fsp3) is 0.200. The summed E-state index contributed by atoms with van der Waals surface area (Å²) in [7, 11) is 0. The Morgan fingerprint density at radius 2 is 2.00 bits per heavy atom. The zero-order chi connectivity index (χ0) is 19.1. The largest absolute Gasteiger partial charge is 0.453 e. The third-order valence-corrected chi connectivity index (χ3v) is 5.78. The first kappa shape index (κ1) is 17.5. The second kappa shape index (κ2) is 7.07.